The summed E-state index contributed by atoms with van der Waals surface area (Å²) in [7, 11) is -3.73. The number of esters is 1. The van der Waals surface area contributed by atoms with Crippen LogP contribution in [-0.4, -0.2) is 20.6 Å². The van der Waals surface area contributed by atoms with E-state index in [1.807, 2.05) is 0 Å². The zero-order chi connectivity index (χ0) is 20.9. The molecular formula is C20H14Cl2N2O4S. The third-order valence-corrected chi connectivity index (χ3v) is 5.66. The molecule has 0 fully saturated rings. The van der Waals surface area contributed by atoms with Gasteiger partial charge in [-0.25, -0.2) is 9.63 Å². The molecule has 3 aromatic rings. The van der Waals surface area contributed by atoms with Crippen LogP contribution in [0.15, 0.2) is 82.8 Å². The van der Waals surface area contributed by atoms with E-state index in [4.69, 9.17) is 27.9 Å². The Morgan fingerprint density at radius 1 is 0.931 bits per heavy atom. The van der Waals surface area contributed by atoms with E-state index in [-0.39, 0.29) is 15.5 Å². The first-order valence-corrected chi connectivity index (χ1v) is 10.5. The largest absolute Gasteiger partial charge is 0.423 e. The highest BCUT2D eigenvalue weighted by Crippen LogP contribution is 2.23. The van der Waals surface area contributed by atoms with Gasteiger partial charge in [-0.15, -0.1) is 0 Å². The number of nitrogens with one attached hydrogen (secondary N) is 1. The lowest BCUT2D eigenvalue weighted by molar-refractivity contribution is 0.0734. The number of carbonyl (C=O) groups is 1. The van der Waals surface area contributed by atoms with Crippen molar-refractivity contribution in [2.24, 2.45) is 5.10 Å². The maximum Gasteiger partial charge on any atom is 0.343 e. The second kappa shape index (κ2) is 9.09. The minimum Gasteiger partial charge on any atom is -0.423 e. The van der Waals surface area contributed by atoms with Crippen LogP contribution in [0, 0.1) is 0 Å². The van der Waals surface area contributed by atoms with Crippen LogP contribution in [0.25, 0.3) is 0 Å². The van der Waals surface area contributed by atoms with Gasteiger partial charge in [0.1, 0.15) is 5.75 Å². The van der Waals surface area contributed by atoms with Gasteiger partial charge in [0, 0.05) is 0 Å². The van der Waals surface area contributed by atoms with E-state index in [9.17, 15) is 13.2 Å². The van der Waals surface area contributed by atoms with Crippen molar-refractivity contribution in [1.82, 2.24) is 4.83 Å². The second-order valence-corrected chi connectivity index (χ2v) is 8.23. The molecule has 0 saturated heterocycles. The average Bonchev–Trinajstić information content (AvgIpc) is 2.72. The van der Waals surface area contributed by atoms with Crippen LogP contribution in [0.3, 0.4) is 0 Å². The molecule has 0 spiro atoms. The first-order valence-electron chi connectivity index (χ1n) is 8.22. The Morgan fingerprint density at radius 3 is 2.28 bits per heavy atom. The number of sulfonamides is 1. The van der Waals surface area contributed by atoms with E-state index in [0.29, 0.717) is 16.3 Å². The summed E-state index contributed by atoms with van der Waals surface area (Å²) in [6.45, 7) is 0. The first-order chi connectivity index (χ1) is 13.8. The van der Waals surface area contributed by atoms with Gasteiger partial charge in [0.2, 0.25) is 0 Å². The molecule has 0 aliphatic rings. The third kappa shape index (κ3) is 5.57. The van der Waals surface area contributed by atoms with Gasteiger partial charge in [-0.05, 0) is 60.2 Å². The van der Waals surface area contributed by atoms with Crippen molar-refractivity contribution in [2.45, 2.75) is 4.90 Å². The molecule has 0 aromatic heterocycles. The lowest BCUT2D eigenvalue weighted by Gasteiger charge is -2.06. The summed E-state index contributed by atoms with van der Waals surface area (Å²) in [5, 5.41) is 4.35. The fourth-order valence-corrected chi connectivity index (χ4v) is 3.34. The summed E-state index contributed by atoms with van der Waals surface area (Å²) in [5.74, 6) is -0.274. The zero-order valence-corrected chi connectivity index (χ0v) is 17.1. The van der Waals surface area contributed by atoms with Gasteiger partial charge >= 0.3 is 5.97 Å². The van der Waals surface area contributed by atoms with Gasteiger partial charge in [-0.1, -0.05) is 41.4 Å². The molecule has 0 bridgehead atoms. The average molecular weight is 449 g/mol. The van der Waals surface area contributed by atoms with E-state index >= 15 is 0 Å². The van der Waals surface area contributed by atoms with Crippen molar-refractivity contribution >= 4 is 45.4 Å². The number of halogens is 2. The van der Waals surface area contributed by atoms with E-state index in [0.717, 1.165) is 0 Å². The number of benzene rings is 3. The van der Waals surface area contributed by atoms with Gasteiger partial charge in [0.15, 0.2) is 0 Å². The summed E-state index contributed by atoms with van der Waals surface area (Å²) in [6.07, 6.45) is 1.34. The van der Waals surface area contributed by atoms with Crippen molar-refractivity contribution in [3.8, 4) is 5.75 Å². The summed E-state index contributed by atoms with van der Waals surface area (Å²) < 4.78 is 29.4. The number of nitrogens with zero attached hydrogens (tertiary/aromatic N) is 1. The molecule has 0 radical (unpaired) electrons. The smallest absolute Gasteiger partial charge is 0.343 e. The Kier molecular flexibility index (Phi) is 6.53. The van der Waals surface area contributed by atoms with Crippen molar-refractivity contribution in [3.63, 3.8) is 0 Å². The Labute approximate surface area is 177 Å². The zero-order valence-electron chi connectivity index (χ0n) is 14.7. The molecule has 0 aliphatic heterocycles. The number of ether oxygens (including phenoxy) is 1. The van der Waals surface area contributed by atoms with Crippen LogP contribution in [-0.2, 0) is 10.0 Å². The standard InChI is InChI=1S/C20H14Cl2N2O4S/c21-18-11-8-15(12-19(18)22)20(25)28-16-9-6-14(7-10-16)13-23-24-29(26,27)17-4-2-1-3-5-17/h1-13,24H/b23-13-. The monoisotopic (exact) mass is 448 g/mol. The van der Waals surface area contributed by atoms with Crippen LogP contribution in [0.1, 0.15) is 15.9 Å². The van der Waals surface area contributed by atoms with Crippen LogP contribution in [0.5, 0.6) is 5.75 Å². The highest BCUT2D eigenvalue weighted by atomic mass is 35.5. The fourth-order valence-electron chi connectivity index (χ4n) is 2.23. The molecule has 29 heavy (non-hydrogen) atoms. The molecule has 0 atom stereocenters. The van der Waals surface area contributed by atoms with Crippen LogP contribution >= 0.6 is 23.2 Å². The molecule has 0 heterocycles. The number of hydrogen-bond acceptors (Lipinski definition) is 5. The Balaban J connectivity index is 1.62. The Hall–Kier alpha value is -2.87. The number of hydrogen-bond donors (Lipinski definition) is 1. The number of rotatable bonds is 6. The summed E-state index contributed by atoms with van der Waals surface area (Å²) in [6, 6.07) is 18.7. The highest BCUT2D eigenvalue weighted by molar-refractivity contribution is 7.89. The fraction of sp³-hybridized carbons (Fsp3) is 0. The maximum atomic E-state index is 12.2. The molecule has 148 valence electrons. The second-order valence-electron chi connectivity index (χ2n) is 5.75. The molecule has 1 N–H and O–H groups in total. The highest BCUT2D eigenvalue weighted by Gasteiger charge is 2.12. The Bertz CT molecular complexity index is 1150. The summed E-state index contributed by atoms with van der Waals surface area (Å²) in [5.41, 5.74) is 0.871. The van der Waals surface area contributed by atoms with Crippen LogP contribution < -0.4 is 9.57 Å². The SMILES string of the molecule is O=C(Oc1ccc(/C=N\NS(=O)(=O)c2ccccc2)cc1)c1ccc(Cl)c(Cl)c1. The lowest BCUT2D eigenvalue weighted by Crippen LogP contribution is -2.18. The molecule has 3 aromatic carbocycles. The summed E-state index contributed by atoms with van der Waals surface area (Å²) >= 11 is 11.7. The number of hydrazone groups is 1. The van der Waals surface area contributed by atoms with Crippen molar-refractivity contribution < 1.29 is 17.9 Å². The van der Waals surface area contributed by atoms with Crippen molar-refractivity contribution in [2.75, 3.05) is 0 Å². The van der Waals surface area contributed by atoms with E-state index in [1.54, 1.807) is 42.5 Å². The van der Waals surface area contributed by atoms with E-state index in [1.165, 1.54) is 36.5 Å². The van der Waals surface area contributed by atoms with Crippen LogP contribution in [0.4, 0.5) is 0 Å². The van der Waals surface area contributed by atoms with Crippen molar-refractivity contribution in [1.29, 1.82) is 0 Å². The number of carbonyl (C=O) groups excluding carboxylic acids is 1. The van der Waals surface area contributed by atoms with Crippen LogP contribution in [0.2, 0.25) is 10.0 Å². The molecule has 6 nitrogen and oxygen atoms in total. The van der Waals surface area contributed by atoms with Gasteiger partial charge in [-0.2, -0.15) is 13.5 Å². The summed E-state index contributed by atoms with van der Waals surface area (Å²) in [4.78, 5) is 14.4. The topological polar surface area (TPSA) is 84.8 Å². The molecule has 0 unspecified atom stereocenters. The molecule has 3 rings (SSSR count). The van der Waals surface area contributed by atoms with Gasteiger partial charge in [-0.3, -0.25) is 0 Å². The maximum absolute atomic E-state index is 12.2. The minimum atomic E-state index is -3.73. The Morgan fingerprint density at radius 2 is 1.62 bits per heavy atom. The minimum absolute atomic E-state index is 0.113. The molecule has 9 heteroatoms. The molecule has 0 amide bonds. The van der Waals surface area contributed by atoms with Gasteiger partial charge in [0.05, 0.1) is 26.7 Å². The quantitative estimate of drug-likeness (QED) is 0.260. The predicted molar refractivity (Wildman–Crippen MR) is 112 cm³/mol. The van der Waals surface area contributed by atoms with E-state index < -0.39 is 16.0 Å². The lowest BCUT2D eigenvalue weighted by atomic mass is 10.2. The van der Waals surface area contributed by atoms with Gasteiger partial charge in [0.25, 0.3) is 10.0 Å². The molecular weight excluding hydrogens is 435 g/mol. The van der Waals surface area contributed by atoms with E-state index in [2.05, 4.69) is 9.93 Å². The predicted octanol–water partition coefficient (Wildman–Crippen LogP) is 4.53. The third-order valence-electron chi connectivity index (χ3n) is 3.69. The molecule has 0 aliphatic carbocycles. The first kappa shape index (κ1) is 20.9. The normalized spacial score (nSPS) is 11.4. The van der Waals surface area contributed by atoms with Crippen molar-refractivity contribution in [3.05, 3.63) is 94.0 Å². The van der Waals surface area contributed by atoms with Gasteiger partial charge < -0.3 is 4.74 Å². The molecule has 0 saturated carbocycles.